The van der Waals surface area contributed by atoms with Gasteiger partial charge in [0.15, 0.2) is 0 Å². The number of aliphatic carboxylic acids is 1. The molecule has 2 aromatic rings. The summed E-state index contributed by atoms with van der Waals surface area (Å²) in [5.41, 5.74) is 0.988. The molecule has 0 bridgehead atoms. The molecule has 1 heterocycles. The third-order valence-corrected chi connectivity index (χ3v) is 1.91. The third-order valence-electron chi connectivity index (χ3n) is 1.91. The maximum Gasteiger partial charge on any atom is 0.305 e. The lowest BCUT2D eigenvalue weighted by atomic mass is 10.3. The van der Waals surface area contributed by atoms with Crippen molar-refractivity contribution in [3.05, 3.63) is 24.0 Å². The van der Waals surface area contributed by atoms with Crippen LogP contribution in [0.5, 0.6) is 0 Å². The lowest BCUT2D eigenvalue weighted by Crippen LogP contribution is -2.07. The minimum absolute atomic E-state index is 0.0521. The largest absolute Gasteiger partial charge is 0.481 e. The highest BCUT2D eigenvalue weighted by atomic mass is 19.1. The van der Waals surface area contributed by atoms with Crippen LogP contribution in [-0.4, -0.2) is 26.1 Å². The van der Waals surface area contributed by atoms with E-state index in [0.29, 0.717) is 11.0 Å². The Kier molecular flexibility index (Phi) is 2.32. The smallest absolute Gasteiger partial charge is 0.305 e. The summed E-state index contributed by atoms with van der Waals surface area (Å²) in [5.74, 6) is -1.30. The van der Waals surface area contributed by atoms with E-state index in [-0.39, 0.29) is 18.8 Å². The molecule has 0 fully saturated rings. The summed E-state index contributed by atoms with van der Waals surface area (Å²) in [7, 11) is 0. The van der Waals surface area contributed by atoms with Crippen LogP contribution in [0.25, 0.3) is 11.0 Å². The van der Waals surface area contributed by atoms with Crippen LogP contribution in [0.1, 0.15) is 6.42 Å². The minimum atomic E-state index is -0.914. The second kappa shape index (κ2) is 3.64. The van der Waals surface area contributed by atoms with Crippen molar-refractivity contribution in [1.29, 1.82) is 0 Å². The first-order valence-corrected chi connectivity index (χ1v) is 4.37. The fraction of sp³-hybridized carbons (Fsp3) is 0.222. The molecule has 0 saturated carbocycles. The Bertz CT molecular complexity index is 509. The predicted octanol–water partition coefficient (Wildman–Crippen LogP) is 1.05. The van der Waals surface area contributed by atoms with Crippen LogP contribution in [0.4, 0.5) is 4.39 Å². The zero-order chi connectivity index (χ0) is 10.8. The maximum absolute atomic E-state index is 12.8. The topological polar surface area (TPSA) is 68.0 Å². The maximum atomic E-state index is 12.8. The lowest BCUT2D eigenvalue weighted by molar-refractivity contribution is -0.137. The standard InChI is InChI=1S/C9H8FN3O2/c10-6-1-2-7-8(5-6)12-13(11-7)4-3-9(14)15/h1-2,5H,3-4H2,(H,14,15). The summed E-state index contributed by atoms with van der Waals surface area (Å²) >= 11 is 0. The molecule has 1 N–H and O–H groups in total. The van der Waals surface area contributed by atoms with Crippen molar-refractivity contribution in [2.24, 2.45) is 0 Å². The molecule has 78 valence electrons. The van der Waals surface area contributed by atoms with Crippen LogP contribution in [0, 0.1) is 5.82 Å². The summed E-state index contributed by atoms with van der Waals surface area (Å²) in [6, 6.07) is 4.06. The first kappa shape index (κ1) is 9.57. The molecule has 5 nitrogen and oxygen atoms in total. The summed E-state index contributed by atoms with van der Waals surface area (Å²) in [4.78, 5) is 11.6. The van der Waals surface area contributed by atoms with E-state index in [4.69, 9.17) is 5.11 Å². The molecular weight excluding hydrogens is 201 g/mol. The van der Waals surface area contributed by atoms with Crippen LogP contribution in [0.2, 0.25) is 0 Å². The molecule has 0 atom stereocenters. The van der Waals surface area contributed by atoms with Gasteiger partial charge in [0.1, 0.15) is 16.9 Å². The molecule has 15 heavy (non-hydrogen) atoms. The van der Waals surface area contributed by atoms with E-state index in [1.165, 1.54) is 23.0 Å². The number of rotatable bonds is 3. The van der Waals surface area contributed by atoms with E-state index in [9.17, 15) is 9.18 Å². The quantitative estimate of drug-likeness (QED) is 0.820. The highest BCUT2D eigenvalue weighted by Gasteiger charge is 2.05. The Morgan fingerprint density at radius 2 is 2.13 bits per heavy atom. The molecule has 0 aliphatic heterocycles. The molecule has 2 rings (SSSR count). The van der Waals surface area contributed by atoms with Crippen molar-refractivity contribution in [1.82, 2.24) is 15.0 Å². The first-order valence-electron chi connectivity index (χ1n) is 4.37. The predicted molar refractivity (Wildman–Crippen MR) is 49.7 cm³/mol. The fourth-order valence-corrected chi connectivity index (χ4v) is 1.23. The van der Waals surface area contributed by atoms with Gasteiger partial charge in [-0.1, -0.05) is 0 Å². The van der Waals surface area contributed by atoms with Gasteiger partial charge in [0.2, 0.25) is 0 Å². The number of aromatic nitrogens is 3. The van der Waals surface area contributed by atoms with Gasteiger partial charge in [-0.3, -0.25) is 4.79 Å². The third kappa shape index (κ3) is 2.09. The van der Waals surface area contributed by atoms with E-state index >= 15 is 0 Å². The van der Waals surface area contributed by atoms with Gasteiger partial charge in [0.25, 0.3) is 0 Å². The van der Waals surface area contributed by atoms with Crippen molar-refractivity contribution in [2.75, 3.05) is 0 Å². The number of nitrogens with zero attached hydrogens (tertiary/aromatic N) is 3. The zero-order valence-corrected chi connectivity index (χ0v) is 7.72. The number of halogens is 1. The molecule has 1 aromatic heterocycles. The summed E-state index contributed by atoms with van der Waals surface area (Å²) in [6.07, 6.45) is -0.0521. The number of benzene rings is 1. The van der Waals surface area contributed by atoms with Gasteiger partial charge in [-0.2, -0.15) is 15.0 Å². The molecule has 0 spiro atoms. The Morgan fingerprint density at radius 1 is 1.40 bits per heavy atom. The molecule has 1 aromatic carbocycles. The normalized spacial score (nSPS) is 10.7. The molecule has 0 amide bonds. The lowest BCUT2D eigenvalue weighted by Gasteiger charge is -1.93. The monoisotopic (exact) mass is 209 g/mol. The van der Waals surface area contributed by atoms with Crippen molar-refractivity contribution in [3.8, 4) is 0 Å². The van der Waals surface area contributed by atoms with Crippen molar-refractivity contribution >= 4 is 17.0 Å². The van der Waals surface area contributed by atoms with Crippen molar-refractivity contribution in [2.45, 2.75) is 13.0 Å². The second-order valence-electron chi connectivity index (χ2n) is 3.07. The average molecular weight is 209 g/mol. The Morgan fingerprint density at radius 3 is 2.87 bits per heavy atom. The molecule has 0 aliphatic carbocycles. The van der Waals surface area contributed by atoms with Gasteiger partial charge in [0.05, 0.1) is 13.0 Å². The molecule has 6 heteroatoms. The van der Waals surface area contributed by atoms with Crippen LogP contribution in [-0.2, 0) is 11.3 Å². The highest BCUT2D eigenvalue weighted by molar-refractivity contribution is 5.73. The van der Waals surface area contributed by atoms with E-state index in [1.807, 2.05) is 0 Å². The molecular formula is C9H8FN3O2. The van der Waals surface area contributed by atoms with E-state index < -0.39 is 5.97 Å². The van der Waals surface area contributed by atoms with Gasteiger partial charge in [-0.15, -0.1) is 0 Å². The van der Waals surface area contributed by atoms with Crippen molar-refractivity contribution < 1.29 is 14.3 Å². The first-order chi connectivity index (χ1) is 7.15. The Balaban J connectivity index is 2.27. The summed E-state index contributed by atoms with van der Waals surface area (Å²) in [5, 5.41) is 16.4. The van der Waals surface area contributed by atoms with Crippen LogP contribution < -0.4 is 0 Å². The van der Waals surface area contributed by atoms with Crippen LogP contribution >= 0.6 is 0 Å². The van der Waals surface area contributed by atoms with Crippen molar-refractivity contribution in [3.63, 3.8) is 0 Å². The number of aryl methyl sites for hydroxylation is 1. The van der Waals surface area contributed by atoms with Gasteiger partial charge in [0, 0.05) is 6.07 Å². The number of fused-ring (bicyclic) bond motifs is 1. The molecule has 0 unspecified atom stereocenters. The fourth-order valence-electron chi connectivity index (χ4n) is 1.23. The highest BCUT2D eigenvalue weighted by Crippen LogP contribution is 2.10. The Hall–Kier alpha value is -1.98. The molecule has 0 radical (unpaired) electrons. The SMILES string of the molecule is O=C(O)CCn1nc2ccc(F)cc2n1. The summed E-state index contributed by atoms with van der Waals surface area (Å²) in [6.45, 7) is 0.186. The number of carboxylic acids is 1. The second-order valence-corrected chi connectivity index (χ2v) is 3.07. The van der Waals surface area contributed by atoms with Gasteiger partial charge in [-0.05, 0) is 12.1 Å². The number of carbonyl (C=O) groups is 1. The average Bonchev–Trinajstić information content (AvgIpc) is 2.56. The van der Waals surface area contributed by atoms with E-state index in [1.54, 1.807) is 0 Å². The van der Waals surface area contributed by atoms with Gasteiger partial charge < -0.3 is 5.11 Å². The molecule has 0 aliphatic rings. The molecule has 0 saturated heterocycles. The summed E-state index contributed by atoms with van der Waals surface area (Å²) < 4.78 is 12.8. The van der Waals surface area contributed by atoms with E-state index in [2.05, 4.69) is 10.2 Å². The minimum Gasteiger partial charge on any atom is -0.481 e. The van der Waals surface area contributed by atoms with E-state index in [0.717, 1.165) is 0 Å². The van der Waals surface area contributed by atoms with Crippen LogP contribution in [0.15, 0.2) is 18.2 Å². The number of carboxylic acid groups (broad SMARTS) is 1. The zero-order valence-electron chi connectivity index (χ0n) is 7.72. The van der Waals surface area contributed by atoms with Gasteiger partial charge in [-0.25, -0.2) is 4.39 Å². The van der Waals surface area contributed by atoms with Crippen LogP contribution in [0.3, 0.4) is 0 Å². The van der Waals surface area contributed by atoms with Gasteiger partial charge >= 0.3 is 5.97 Å². The number of hydrogen-bond acceptors (Lipinski definition) is 3. The number of hydrogen-bond donors (Lipinski definition) is 1. The Labute approximate surface area is 84.1 Å².